The Bertz CT molecular complexity index is 180. The third-order valence-electron chi connectivity index (χ3n) is 4.23. The van der Waals surface area contributed by atoms with Crippen LogP contribution in [0.25, 0.3) is 0 Å². The number of rotatable bonds is 14. The van der Waals surface area contributed by atoms with Gasteiger partial charge in [-0.05, 0) is 19.3 Å². The standard InChI is InChI=1S/C17H40NSi/c1-4-5-6-7-8-9-10-11-12-13-15-18(2,3)16-14-17-19/h4-17H2,1-3,19H3/q+1. The van der Waals surface area contributed by atoms with E-state index in [4.69, 9.17) is 0 Å². The molecule has 0 saturated carbocycles. The molecule has 0 radical (unpaired) electrons. The SMILES string of the molecule is CCCCCCCCCCCC[N+](C)(C)CCC[SiH3]. The molecular formula is C17H40NSi+. The topological polar surface area (TPSA) is 0 Å². The van der Waals surface area contributed by atoms with E-state index in [0.717, 1.165) is 0 Å². The van der Waals surface area contributed by atoms with E-state index in [1.165, 1.54) is 104 Å². The molecule has 0 unspecified atom stereocenters. The highest BCUT2D eigenvalue weighted by Crippen LogP contribution is 2.12. The Balaban J connectivity index is 3.21. The quantitative estimate of drug-likeness (QED) is 0.255. The van der Waals surface area contributed by atoms with Crippen LogP contribution in [-0.4, -0.2) is 41.9 Å². The normalized spacial score (nSPS) is 12.2. The molecule has 0 rings (SSSR count). The summed E-state index contributed by atoms with van der Waals surface area (Å²) in [5.41, 5.74) is 0. The van der Waals surface area contributed by atoms with E-state index in [9.17, 15) is 0 Å². The molecule has 0 aromatic heterocycles. The van der Waals surface area contributed by atoms with E-state index in [1.807, 2.05) is 0 Å². The maximum Gasteiger partial charge on any atom is 0.0782 e. The Morgan fingerprint density at radius 3 is 1.53 bits per heavy atom. The minimum Gasteiger partial charge on any atom is -0.328 e. The Hall–Kier alpha value is 0.177. The van der Waals surface area contributed by atoms with Crippen LogP contribution < -0.4 is 0 Å². The summed E-state index contributed by atoms with van der Waals surface area (Å²) in [6.45, 7) is 5.07. The summed E-state index contributed by atoms with van der Waals surface area (Å²) in [5.74, 6) is 0. The fourth-order valence-electron chi connectivity index (χ4n) is 2.73. The van der Waals surface area contributed by atoms with Crippen LogP contribution in [0.15, 0.2) is 0 Å². The minimum atomic E-state index is 1.25. The fourth-order valence-corrected chi connectivity index (χ4v) is 3.04. The molecular weight excluding hydrogens is 246 g/mol. The van der Waals surface area contributed by atoms with Crippen molar-refractivity contribution in [2.75, 3.05) is 27.2 Å². The zero-order valence-electron chi connectivity index (χ0n) is 14.3. The van der Waals surface area contributed by atoms with E-state index in [1.54, 1.807) is 0 Å². The molecule has 0 aliphatic carbocycles. The monoisotopic (exact) mass is 286 g/mol. The average molecular weight is 287 g/mol. The van der Waals surface area contributed by atoms with E-state index >= 15 is 0 Å². The predicted molar refractivity (Wildman–Crippen MR) is 93.0 cm³/mol. The summed E-state index contributed by atoms with van der Waals surface area (Å²) in [6, 6.07) is 1.47. The molecule has 0 spiro atoms. The van der Waals surface area contributed by atoms with E-state index in [-0.39, 0.29) is 0 Å². The lowest BCUT2D eigenvalue weighted by Gasteiger charge is -2.29. The Kier molecular flexibility index (Phi) is 13.3. The van der Waals surface area contributed by atoms with Gasteiger partial charge in [0.05, 0.1) is 27.2 Å². The van der Waals surface area contributed by atoms with Gasteiger partial charge in [-0.25, -0.2) is 0 Å². The van der Waals surface area contributed by atoms with Gasteiger partial charge in [0.1, 0.15) is 0 Å². The van der Waals surface area contributed by atoms with Crippen molar-refractivity contribution in [1.82, 2.24) is 0 Å². The number of hydrogen-bond donors (Lipinski definition) is 0. The second-order valence-corrected chi connectivity index (χ2v) is 7.92. The lowest BCUT2D eigenvalue weighted by molar-refractivity contribution is -0.890. The molecule has 19 heavy (non-hydrogen) atoms. The first kappa shape index (κ1) is 19.2. The van der Waals surface area contributed by atoms with Crippen LogP contribution in [0, 0.1) is 0 Å². The Morgan fingerprint density at radius 1 is 0.632 bits per heavy atom. The van der Waals surface area contributed by atoms with Gasteiger partial charge < -0.3 is 4.48 Å². The minimum absolute atomic E-state index is 1.25. The van der Waals surface area contributed by atoms with Gasteiger partial charge in [0, 0.05) is 10.2 Å². The highest BCUT2D eigenvalue weighted by molar-refractivity contribution is 6.08. The van der Waals surface area contributed by atoms with Gasteiger partial charge in [0.25, 0.3) is 0 Å². The van der Waals surface area contributed by atoms with Gasteiger partial charge in [-0.3, -0.25) is 0 Å². The third-order valence-corrected chi connectivity index (χ3v) is 4.94. The number of quaternary nitrogens is 1. The first-order valence-corrected chi connectivity index (χ1v) is 10.4. The molecule has 0 fully saturated rings. The van der Waals surface area contributed by atoms with E-state index in [2.05, 4.69) is 21.0 Å². The lowest BCUT2D eigenvalue weighted by Crippen LogP contribution is -2.41. The van der Waals surface area contributed by atoms with Crippen LogP contribution >= 0.6 is 0 Å². The molecule has 0 saturated heterocycles. The Labute approximate surface area is 126 Å². The van der Waals surface area contributed by atoms with Gasteiger partial charge in [-0.2, -0.15) is 0 Å². The maximum absolute atomic E-state index is 2.41. The van der Waals surface area contributed by atoms with Gasteiger partial charge >= 0.3 is 0 Å². The third kappa shape index (κ3) is 14.4. The molecule has 0 N–H and O–H groups in total. The summed E-state index contributed by atoms with van der Waals surface area (Å²) in [5, 5.41) is 0. The molecule has 0 heterocycles. The van der Waals surface area contributed by atoms with Crippen molar-refractivity contribution in [3.05, 3.63) is 0 Å². The van der Waals surface area contributed by atoms with Gasteiger partial charge in [-0.15, -0.1) is 0 Å². The molecule has 116 valence electrons. The molecule has 0 aliphatic rings. The van der Waals surface area contributed by atoms with Crippen molar-refractivity contribution < 1.29 is 4.48 Å². The molecule has 0 atom stereocenters. The van der Waals surface area contributed by atoms with Crippen LogP contribution in [0.5, 0.6) is 0 Å². The smallest absolute Gasteiger partial charge is 0.0782 e. The van der Waals surface area contributed by atoms with Crippen molar-refractivity contribution in [2.45, 2.75) is 83.6 Å². The van der Waals surface area contributed by atoms with Crippen molar-refractivity contribution in [3.8, 4) is 0 Å². The van der Waals surface area contributed by atoms with Crippen LogP contribution in [0.3, 0.4) is 0 Å². The average Bonchev–Trinajstić information content (AvgIpc) is 2.38. The largest absolute Gasteiger partial charge is 0.328 e. The summed E-state index contributed by atoms with van der Waals surface area (Å²) in [4.78, 5) is 0. The first-order chi connectivity index (χ1) is 9.12. The predicted octanol–water partition coefficient (Wildman–Crippen LogP) is 4.16. The number of nitrogens with zero attached hydrogens (tertiary/aromatic N) is 1. The molecule has 0 aromatic rings. The van der Waals surface area contributed by atoms with Crippen molar-refractivity contribution in [1.29, 1.82) is 0 Å². The van der Waals surface area contributed by atoms with Crippen molar-refractivity contribution in [2.24, 2.45) is 0 Å². The van der Waals surface area contributed by atoms with Crippen LogP contribution in [0.2, 0.25) is 6.04 Å². The molecule has 0 bridgehead atoms. The number of unbranched alkanes of at least 4 members (excludes halogenated alkanes) is 9. The molecule has 1 nitrogen and oxygen atoms in total. The van der Waals surface area contributed by atoms with Crippen LogP contribution in [-0.2, 0) is 0 Å². The Morgan fingerprint density at radius 2 is 1.05 bits per heavy atom. The zero-order valence-corrected chi connectivity index (χ0v) is 16.3. The summed E-state index contributed by atoms with van der Waals surface area (Å²) < 4.78 is 1.25. The van der Waals surface area contributed by atoms with Gasteiger partial charge in [0.15, 0.2) is 0 Å². The molecule has 0 aliphatic heterocycles. The van der Waals surface area contributed by atoms with Gasteiger partial charge in [-0.1, -0.05) is 64.3 Å². The fraction of sp³-hybridized carbons (Fsp3) is 1.00. The van der Waals surface area contributed by atoms with Crippen LogP contribution in [0.4, 0.5) is 0 Å². The van der Waals surface area contributed by atoms with E-state index in [0.29, 0.717) is 0 Å². The lowest BCUT2D eigenvalue weighted by atomic mass is 10.1. The van der Waals surface area contributed by atoms with Crippen molar-refractivity contribution in [3.63, 3.8) is 0 Å². The molecule has 0 amide bonds. The second-order valence-electron chi connectivity index (χ2n) is 6.92. The maximum atomic E-state index is 2.41. The summed E-state index contributed by atoms with van der Waals surface area (Å²) >= 11 is 0. The summed E-state index contributed by atoms with van der Waals surface area (Å²) in [7, 11) is 6.19. The highest BCUT2D eigenvalue weighted by atomic mass is 28.1. The first-order valence-electron chi connectivity index (χ1n) is 8.94. The second kappa shape index (κ2) is 13.2. The van der Waals surface area contributed by atoms with E-state index < -0.39 is 0 Å². The van der Waals surface area contributed by atoms with Crippen LogP contribution in [0.1, 0.15) is 77.6 Å². The molecule has 2 heteroatoms. The summed E-state index contributed by atoms with van der Waals surface area (Å²) in [6.07, 6.45) is 16.0. The van der Waals surface area contributed by atoms with Gasteiger partial charge in [0.2, 0.25) is 0 Å². The number of hydrogen-bond acceptors (Lipinski definition) is 0. The zero-order chi connectivity index (χ0) is 14.4. The highest BCUT2D eigenvalue weighted by Gasteiger charge is 2.12. The molecule has 0 aromatic carbocycles. The van der Waals surface area contributed by atoms with Crippen molar-refractivity contribution >= 4 is 10.2 Å².